The van der Waals surface area contributed by atoms with Gasteiger partial charge in [0.2, 0.25) is 0 Å². The number of carbonyl (C=O) groups is 1. The maximum absolute atomic E-state index is 12.6. The maximum atomic E-state index is 12.6. The van der Waals surface area contributed by atoms with Crippen LogP contribution in [-0.2, 0) is 16.0 Å². The molecule has 0 radical (unpaired) electrons. The van der Waals surface area contributed by atoms with Gasteiger partial charge in [0, 0.05) is 0 Å². The Bertz CT molecular complexity index is 496. The van der Waals surface area contributed by atoms with Crippen molar-refractivity contribution in [2.45, 2.75) is 44.6 Å². The van der Waals surface area contributed by atoms with Crippen molar-refractivity contribution in [2.24, 2.45) is 5.41 Å². The smallest absolute Gasteiger partial charge is 0.315 e. The van der Waals surface area contributed by atoms with Crippen LogP contribution in [0, 0.1) is 5.41 Å². The van der Waals surface area contributed by atoms with E-state index in [0.29, 0.717) is 32.3 Å². The quantitative estimate of drug-likeness (QED) is 0.645. The van der Waals surface area contributed by atoms with Gasteiger partial charge in [0.15, 0.2) is 0 Å². The summed E-state index contributed by atoms with van der Waals surface area (Å²) in [5.41, 5.74) is -0.870. The van der Waals surface area contributed by atoms with E-state index >= 15 is 0 Å². The number of benzene rings is 1. The monoisotopic (exact) mass is 288 g/mol. The van der Waals surface area contributed by atoms with E-state index in [4.69, 9.17) is 4.74 Å². The summed E-state index contributed by atoms with van der Waals surface area (Å²) in [6, 6.07) is 9.85. The van der Waals surface area contributed by atoms with Crippen LogP contribution in [-0.4, -0.2) is 23.3 Å². The Morgan fingerprint density at radius 1 is 1.38 bits per heavy atom. The third-order valence-corrected chi connectivity index (χ3v) is 4.58. The van der Waals surface area contributed by atoms with Crippen LogP contribution < -0.4 is 0 Å². The molecule has 21 heavy (non-hydrogen) atoms. The molecule has 2 rings (SSSR count). The zero-order chi connectivity index (χ0) is 15.3. The van der Waals surface area contributed by atoms with E-state index in [2.05, 4.69) is 6.58 Å². The molecule has 0 aliphatic heterocycles. The SMILES string of the molecule is C=CC[C@]1(O)CCC[C@@]1(Cc1ccccc1)C(=O)OCC. The predicted octanol–water partition coefficient (Wildman–Crippen LogP) is 3.27. The normalized spacial score (nSPS) is 28.3. The molecule has 3 nitrogen and oxygen atoms in total. The molecule has 1 fully saturated rings. The van der Waals surface area contributed by atoms with Gasteiger partial charge in [-0.3, -0.25) is 4.79 Å². The maximum Gasteiger partial charge on any atom is 0.315 e. The zero-order valence-electron chi connectivity index (χ0n) is 12.7. The van der Waals surface area contributed by atoms with Crippen molar-refractivity contribution in [2.75, 3.05) is 6.61 Å². The standard InChI is InChI=1S/C18H24O3/c1-3-11-18(20)13-8-12-17(18,16(19)21-4-2)14-15-9-6-5-7-10-15/h3,5-7,9-10,20H,1,4,8,11-14H2,2H3/t17-,18+/m1/s1. The van der Waals surface area contributed by atoms with Crippen molar-refractivity contribution in [3.05, 3.63) is 48.6 Å². The number of aliphatic hydroxyl groups is 1. The van der Waals surface area contributed by atoms with Gasteiger partial charge in [-0.25, -0.2) is 0 Å². The largest absolute Gasteiger partial charge is 0.465 e. The average molecular weight is 288 g/mol. The second kappa shape index (κ2) is 6.44. The van der Waals surface area contributed by atoms with Gasteiger partial charge in [0.1, 0.15) is 5.41 Å². The molecular weight excluding hydrogens is 264 g/mol. The Labute approximate surface area is 126 Å². The van der Waals surface area contributed by atoms with Crippen LogP contribution in [0.15, 0.2) is 43.0 Å². The third kappa shape index (κ3) is 2.88. The van der Waals surface area contributed by atoms with E-state index in [1.54, 1.807) is 13.0 Å². The molecule has 1 N–H and O–H groups in total. The van der Waals surface area contributed by atoms with Crippen molar-refractivity contribution in [1.82, 2.24) is 0 Å². The van der Waals surface area contributed by atoms with E-state index < -0.39 is 11.0 Å². The molecule has 0 bridgehead atoms. The topological polar surface area (TPSA) is 46.5 Å². The Hall–Kier alpha value is -1.61. The first kappa shape index (κ1) is 15.8. The van der Waals surface area contributed by atoms with E-state index in [1.807, 2.05) is 30.3 Å². The molecular formula is C18H24O3. The fraction of sp³-hybridized carbons (Fsp3) is 0.500. The second-order valence-electron chi connectivity index (χ2n) is 5.84. The summed E-state index contributed by atoms with van der Waals surface area (Å²) in [6.45, 7) is 5.87. The minimum atomic E-state index is -1.06. The van der Waals surface area contributed by atoms with Gasteiger partial charge in [0.05, 0.1) is 12.2 Å². The lowest BCUT2D eigenvalue weighted by Crippen LogP contribution is -2.51. The van der Waals surface area contributed by atoms with Crippen LogP contribution in [0.1, 0.15) is 38.2 Å². The number of esters is 1. The molecule has 114 valence electrons. The van der Waals surface area contributed by atoms with Crippen molar-refractivity contribution < 1.29 is 14.6 Å². The minimum Gasteiger partial charge on any atom is -0.465 e. The van der Waals surface area contributed by atoms with Crippen LogP contribution >= 0.6 is 0 Å². The van der Waals surface area contributed by atoms with Crippen LogP contribution in [0.2, 0.25) is 0 Å². The molecule has 0 aromatic heterocycles. The first-order valence-electron chi connectivity index (χ1n) is 7.62. The number of rotatable bonds is 6. The highest BCUT2D eigenvalue weighted by Gasteiger charge is 2.58. The Kier molecular flexibility index (Phi) is 4.84. The lowest BCUT2D eigenvalue weighted by Gasteiger charge is -2.40. The molecule has 1 aromatic rings. The predicted molar refractivity (Wildman–Crippen MR) is 82.8 cm³/mol. The highest BCUT2D eigenvalue weighted by Crippen LogP contribution is 2.51. The van der Waals surface area contributed by atoms with Gasteiger partial charge in [0.25, 0.3) is 0 Å². The zero-order valence-corrected chi connectivity index (χ0v) is 12.7. The van der Waals surface area contributed by atoms with Gasteiger partial charge in [-0.2, -0.15) is 0 Å². The Balaban J connectivity index is 2.39. The van der Waals surface area contributed by atoms with Crippen molar-refractivity contribution >= 4 is 5.97 Å². The highest BCUT2D eigenvalue weighted by atomic mass is 16.5. The molecule has 0 unspecified atom stereocenters. The number of hydrogen-bond acceptors (Lipinski definition) is 3. The minimum absolute atomic E-state index is 0.282. The van der Waals surface area contributed by atoms with E-state index in [-0.39, 0.29) is 5.97 Å². The number of carbonyl (C=O) groups excluding carboxylic acids is 1. The summed E-state index contributed by atoms with van der Waals surface area (Å²) in [4.78, 5) is 12.6. The van der Waals surface area contributed by atoms with E-state index in [1.165, 1.54) is 0 Å². The molecule has 0 spiro atoms. The van der Waals surface area contributed by atoms with Gasteiger partial charge in [-0.15, -0.1) is 6.58 Å². The van der Waals surface area contributed by atoms with E-state index in [0.717, 1.165) is 12.0 Å². The molecule has 0 heterocycles. The molecule has 0 amide bonds. The summed E-state index contributed by atoms with van der Waals surface area (Å²) in [6.07, 6.45) is 4.73. The number of hydrogen-bond donors (Lipinski definition) is 1. The first-order valence-corrected chi connectivity index (χ1v) is 7.62. The Morgan fingerprint density at radius 3 is 2.71 bits per heavy atom. The summed E-state index contributed by atoms with van der Waals surface area (Å²) < 4.78 is 5.31. The van der Waals surface area contributed by atoms with Crippen LogP contribution in [0.3, 0.4) is 0 Å². The molecule has 1 saturated carbocycles. The number of ether oxygens (including phenoxy) is 1. The van der Waals surface area contributed by atoms with Crippen molar-refractivity contribution in [1.29, 1.82) is 0 Å². The van der Waals surface area contributed by atoms with Crippen LogP contribution in [0.4, 0.5) is 0 Å². The van der Waals surface area contributed by atoms with Gasteiger partial charge in [-0.1, -0.05) is 36.4 Å². The van der Waals surface area contributed by atoms with Crippen LogP contribution in [0.5, 0.6) is 0 Å². The summed E-state index contributed by atoms with van der Waals surface area (Å²) in [7, 11) is 0. The average Bonchev–Trinajstić information content (AvgIpc) is 2.78. The van der Waals surface area contributed by atoms with Crippen molar-refractivity contribution in [3.63, 3.8) is 0 Å². The molecule has 1 aromatic carbocycles. The fourth-order valence-corrected chi connectivity index (χ4v) is 3.52. The lowest BCUT2D eigenvalue weighted by molar-refractivity contribution is -0.171. The van der Waals surface area contributed by atoms with Crippen molar-refractivity contribution in [3.8, 4) is 0 Å². The molecule has 1 aliphatic carbocycles. The second-order valence-corrected chi connectivity index (χ2v) is 5.84. The summed E-state index contributed by atoms with van der Waals surface area (Å²) in [5, 5.41) is 11.1. The molecule has 0 saturated heterocycles. The molecule has 1 aliphatic rings. The van der Waals surface area contributed by atoms with Gasteiger partial charge < -0.3 is 9.84 Å². The van der Waals surface area contributed by atoms with E-state index in [9.17, 15) is 9.90 Å². The van der Waals surface area contributed by atoms with Crippen LogP contribution in [0.25, 0.3) is 0 Å². The first-order chi connectivity index (χ1) is 10.1. The Morgan fingerprint density at radius 2 is 2.10 bits per heavy atom. The lowest BCUT2D eigenvalue weighted by atomic mass is 9.68. The summed E-state index contributed by atoms with van der Waals surface area (Å²) >= 11 is 0. The summed E-state index contributed by atoms with van der Waals surface area (Å²) in [5.74, 6) is -0.282. The van der Waals surface area contributed by atoms with Gasteiger partial charge in [-0.05, 0) is 44.6 Å². The highest BCUT2D eigenvalue weighted by molar-refractivity contribution is 5.79. The molecule has 3 heteroatoms. The van der Waals surface area contributed by atoms with Gasteiger partial charge >= 0.3 is 5.97 Å². The fourth-order valence-electron chi connectivity index (χ4n) is 3.52. The third-order valence-electron chi connectivity index (χ3n) is 4.58. The molecule has 2 atom stereocenters.